The summed E-state index contributed by atoms with van der Waals surface area (Å²) in [5, 5.41) is 1.16. The van der Waals surface area contributed by atoms with Gasteiger partial charge in [-0.25, -0.2) is 0 Å². The fourth-order valence-corrected chi connectivity index (χ4v) is 3.95. The van der Waals surface area contributed by atoms with E-state index in [1.165, 1.54) is 45.2 Å². The molecule has 0 amide bonds. The standard InChI is InChI=1S/C15H30BrN/c1-5-7-15(11-16,8-6-2)12-17(4)10-14-9-13(14)3/h13-14H,5-12H2,1-4H3. The predicted molar refractivity (Wildman–Crippen MR) is 80.8 cm³/mol. The molecule has 1 saturated carbocycles. The van der Waals surface area contributed by atoms with Crippen LogP contribution in [0.15, 0.2) is 0 Å². The second kappa shape index (κ2) is 7.13. The molecule has 1 rings (SSSR count). The first-order valence-corrected chi connectivity index (χ1v) is 8.43. The van der Waals surface area contributed by atoms with Crippen molar-refractivity contribution in [2.75, 3.05) is 25.5 Å². The van der Waals surface area contributed by atoms with Gasteiger partial charge in [-0.1, -0.05) is 49.5 Å². The van der Waals surface area contributed by atoms with E-state index in [2.05, 4.69) is 48.6 Å². The number of hydrogen-bond donors (Lipinski definition) is 0. The molecule has 0 aliphatic heterocycles. The zero-order valence-corrected chi connectivity index (χ0v) is 13.7. The third kappa shape index (κ3) is 4.90. The highest BCUT2D eigenvalue weighted by Gasteiger charge is 2.35. The Hall–Kier alpha value is 0.440. The molecular formula is C15H30BrN. The third-order valence-corrected chi connectivity index (χ3v) is 5.46. The van der Waals surface area contributed by atoms with Crippen LogP contribution in [0.2, 0.25) is 0 Å². The number of halogens is 1. The van der Waals surface area contributed by atoms with Crippen LogP contribution in [0.1, 0.15) is 52.9 Å². The first-order valence-electron chi connectivity index (χ1n) is 7.31. The topological polar surface area (TPSA) is 3.24 Å². The lowest BCUT2D eigenvalue weighted by Crippen LogP contribution is -2.38. The molecule has 0 aromatic heterocycles. The van der Waals surface area contributed by atoms with Gasteiger partial charge in [0.05, 0.1) is 0 Å². The number of hydrogen-bond acceptors (Lipinski definition) is 1. The van der Waals surface area contributed by atoms with Crippen molar-refractivity contribution < 1.29 is 0 Å². The molecule has 0 radical (unpaired) electrons. The van der Waals surface area contributed by atoms with E-state index in [-0.39, 0.29) is 0 Å². The zero-order chi connectivity index (χ0) is 12.9. The SMILES string of the molecule is CCCC(CBr)(CCC)CN(C)CC1CC1C. The van der Waals surface area contributed by atoms with Crippen molar-refractivity contribution in [3.05, 3.63) is 0 Å². The van der Waals surface area contributed by atoms with Gasteiger partial charge in [-0.2, -0.15) is 0 Å². The fourth-order valence-electron chi connectivity index (χ4n) is 3.21. The highest BCUT2D eigenvalue weighted by Crippen LogP contribution is 2.39. The van der Waals surface area contributed by atoms with E-state index in [0.29, 0.717) is 5.41 Å². The van der Waals surface area contributed by atoms with E-state index < -0.39 is 0 Å². The highest BCUT2D eigenvalue weighted by molar-refractivity contribution is 9.09. The van der Waals surface area contributed by atoms with Gasteiger partial charge in [0.1, 0.15) is 0 Å². The van der Waals surface area contributed by atoms with Crippen molar-refractivity contribution in [1.29, 1.82) is 0 Å². The van der Waals surface area contributed by atoms with Crippen molar-refractivity contribution in [2.24, 2.45) is 17.3 Å². The van der Waals surface area contributed by atoms with Crippen LogP contribution in [-0.2, 0) is 0 Å². The lowest BCUT2D eigenvalue weighted by molar-refractivity contribution is 0.165. The van der Waals surface area contributed by atoms with E-state index in [1.54, 1.807) is 0 Å². The average Bonchev–Trinajstić information content (AvgIpc) is 2.94. The molecule has 0 aromatic rings. The van der Waals surface area contributed by atoms with Crippen molar-refractivity contribution in [3.8, 4) is 0 Å². The van der Waals surface area contributed by atoms with Gasteiger partial charge in [0, 0.05) is 18.4 Å². The minimum atomic E-state index is 0.510. The van der Waals surface area contributed by atoms with E-state index in [9.17, 15) is 0 Å². The molecule has 0 spiro atoms. The van der Waals surface area contributed by atoms with Gasteiger partial charge in [-0.15, -0.1) is 0 Å². The summed E-state index contributed by atoms with van der Waals surface area (Å²) in [6.07, 6.45) is 6.78. The van der Waals surface area contributed by atoms with Gasteiger partial charge < -0.3 is 4.90 Å². The van der Waals surface area contributed by atoms with Gasteiger partial charge in [0.15, 0.2) is 0 Å². The van der Waals surface area contributed by atoms with Crippen LogP contribution in [-0.4, -0.2) is 30.4 Å². The Morgan fingerprint density at radius 3 is 2.12 bits per heavy atom. The molecule has 102 valence electrons. The Balaban J connectivity index is 2.45. The van der Waals surface area contributed by atoms with Crippen molar-refractivity contribution >= 4 is 15.9 Å². The van der Waals surface area contributed by atoms with Crippen LogP contribution in [0, 0.1) is 17.3 Å². The second-order valence-electron chi connectivity index (χ2n) is 6.30. The van der Waals surface area contributed by atoms with Gasteiger partial charge >= 0.3 is 0 Å². The maximum absolute atomic E-state index is 3.77. The lowest BCUT2D eigenvalue weighted by atomic mass is 9.80. The summed E-state index contributed by atoms with van der Waals surface area (Å²) in [5.74, 6) is 1.96. The number of nitrogens with zero attached hydrogens (tertiary/aromatic N) is 1. The molecule has 17 heavy (non-hydrogen) atoms. The van der Waals surface area contributed by atoms with Crippen LogP contribution in [0.5, 0.6) is 0 Å². The molecule has 0 heterocycles. The summed E-state index contributed by atoms with van der Waals surface area (Å²) in [6.45, 7) is 9.59. The maximum atomic E-state index is 3.77. The molecule has 0 N–H and O–H groups in total. The van der Waals surface area contributed by atoms with Gasteiger partial charge in [-0.3, -0.25) is 0 Å². The Morgan fingerprint density at radius 2 is 1.76 bits per heavy atom. The lowest BCUT2D eigenvalue weighted by Gasteiger charge is -2.36. The van der Waals surface area contributed by atoms with Crippen molar-refractivity contribution in [2.45, 2.75) is 52.9 Å². The van der Waals surface area contributed by atoms with Gasteiger partial charge in [0.2, 0.25) is 0 Å². The third-order valence-electron chi connectivity index (χ3n) is 4.27. The molecule has 1 aliphatic rings. The molecule has 0 bridgehead atoms. The molecule has 1 aliphatic carbocycles. The Bertz CT molecular complexity index is 211. The van der Waals surface area contributed by atoms with Gasteiger partial charge in [0.25, 0.3) is 0 Å². The second-order valence-corrected chi connectivity index (χ2v) is 6.86. The maximum Gasteiger partial charge on any atom is 0.0100 e. The predicted octanol–water partition coefficient (Wildman–Crippen LogP) is 4.56. The number of alkyl halides is 1. The molecule has 0 aromatic carbocycles. The van der Waals surface area contributed by atoms with E-state index >= 15 is 0 Å². The smallest absolute Gasteiger partial charge is 0.0100 e. The monoisotopic (exact) mass is 303 g/mol. The molecular weight excluding hydrogens is 274 g/mol. The summed E-state index contributed by atoms with van der Waals surface area (Å²) in [5.41, 5.74) is 0.510. The molecule has 1 nitrogen and oxygen atoms in total. The minimum Gasteiger partial charge on any atom is -0.306 e. The normalized spacial score (nSPS) is 24.4. The zero-order valence-electron chi connectivity index (χ0n) is 12.1. The quantitative estimate of drug-likeness (QED) is 0.565. The summed E-state index contributed by atoms with van der Waals surface area (Å²) in [6, 6.07) is 0. The highest BCUT2D eigenvalue weighted by atomic mass is 79.9. The van der Waals surface area contributed by atoms with Crippen molar-refractivity contribution in [3.63, 3.8) is 0 Å². The Labute approximate surface area is 116 Å². The summed E-state index contributed by atoms with van der Waals surface area (Å²) in [7, 11) is 2.31. The molecule has 2 unspecified atom stereocenters. The van der Waals surface area contributed by atoms with Crippen molar-refractivity contribution in [1.82, 2.24) is 4.90 Å². The van der Waals surface area contributed by atoms with Crippen LogP contribution in [0.4, 0.5) is 0 Å². The summed E-state index contributed by atoms with van der Waals surface area (Å²) < 4.78 is 0. The number of rotatable bonds is 9. The van der Waals surface area contributed by atoms with Gasteiger partial charge in [-0.05, 0) is 43.6 Å². The molecule has 2 atom stereocenters. The summed E-state index contributed by atoms with van der Waals surface area (Å²) >= 11 is 3.77. The Morgan fingerprint density at radius 1 is 1.24 bits per heavy atom. The fraction of sp³-hybridized carbons (Fsp3) is 1.00. The largest absolute Gasteiger partial charge is 0.306 e. The van der Waals surface area contributed by atoms with E-state index in [1.807, 2.05) is 0 Å². The molecule has 2 heteroatoms. The van der Waals surface area contributed by atoms with Crippen LogP contribution >= 0.6 is 15.9 Å². The first-order chi connectivity index (χ1) is 8.06. The molecule has 0 saturated heterocycles. The minimum absolute atomic E-state index is 0.510. The van der Waals surface area contributed by atoms with E-state index in [0.717, 1.165) is 17.2 Å². The first kappa shape index (κ1) is 15.5. The Kier molecular flexibility index (Phi) is 6.50. The molecule has 1 fully saturated rings. The van der Waals surface area contributed by atoms with Crippen LogP contribution in [0.25, 0.3) is 0 Å². The average molecular weight is 304 g/mol. The van der Waals surface area contributed by atoms with Crippen LogP contribution < -0.4 is 0 Å². The van der Waals surface area contributed by atoms with E-state index in [4.69, 9.17) is 0 Å². The van der Waals surface area contributed by atoms with Crippen LogP contribution in [0.3, 0.4) is 0 Å². The summed E-state index contributed by atoms with van der Waals surface area (Å²) in [4.78, 5) is 2.58.